The summed E-state index contributed by atoms with van der Waals surface area (Å²) < 4.78 is 173. The first-order chi connectivity index (χ1) is 36.5. The number of esters is 1. The zero-order valence-electron chi connectivity index (χ0n) is 44.8. The van der Waals surface area contributed by atoms with E-state index in [0.717, 1.165) is 33.4 Å². The number of benzene rings is 4. The maximum Gasteiger partial charge on any atom is 0.430 e. The predicted molar refractivity (Wildman–Crippen MR) is 273 cm³/mol. The number of halogens is 12. The van der Waals surface area contributed by atoms with Gasteiger partial charge in [0.1, 0.15) is 30.8 Å². The highest BCUT2D eigenvalue weighted by Crippen LogP contribution is 2.47. The normalized spacial score (nSPS) is 15.5. The molecule has 0 amide bonds. The van der Waals surface area contributed by atoms with Gasteiger partial charge in [0.2, 0.25) is 0 Å². The summed E-state index contributed by atoms with van der Waals surface area (Å²) >= 11 is 0. The number of hydrogen-bond acceptors (Lipinski definition) is 8. The second kappa shape index (κ2) is 25.6. The zero-order chi connectivity index (χ0) is 59.7. The number of aliphatic carboxylic acids is 1. The second-order valence-electron chi connectivity index (χ2n) is 19.7. The lowest BCUT2D eigenvalue weighted by atomic mass is 9.70. The monoisotopic (exact) mass is 1130 g/mol. The summed E-state index contributed by atoms with van der Waals surface area (Å²) in [6.45, 7) is 15.0. The van der Waals surface area contributed by atoms with E-state index in [1.807, 2.05) is 71.9 Å². The molecule has 0 radical (unpaired) electrons. The van der Waals surface area contributed by atoms with Gasteiger partial charge in [-0.3, -0.25) is 9.59 Å². The van der Waals surface area contributed by atoms with Crippen LogP contribution in [0.15, 0.2) is 84.9 Å². The Kier molecular flexibility index (Phi) is 21.2. The second-order valence-corrected chi connectivity index (χ2v) is 19.7. The predicted octanol–water partition coefficient (Wildman–Crippen LogP) is 14.2. The van der Waals surface area contributed by atoms with Gasteiger partial charge in [0.25, 0.3) is 11.2 Å². The Morgan fingerprint density at radius 1 is 0.595 bits per heavy atom. The molecule has 0 aromatic heterocycles. The number of carbonyl (C=O) groups excluding carboxylic acids is 1. The van der Waals surface area contributed by atoms with Gasteiger partial charge in [-0.1, -0.05) is 101 Å². The minimum Gasteiger partial charge on any atom is -0.491 e. The standard InChI is InChI=1S/C29H34F6O5.C29H32F6O4/c1-5-26(6-2,22-9-11-24(19(4)16-22)40-17-23(36)10-12-25(37)38)21-8-7-20(18(3)15-21)13-14-27(39,28(30,31)32)29(33,34)35;1-5-26(6-2,22-9-11-24(19(4)16-22)38-17-23-10-12-25(36)39-23)21-8-7-20(18(3)15-21)13-14-27(37,28(30,31)32)29(33,34)35/h7-9,11,13-16,23,36,39H,5-6,10,12,17H2,1-4H3,(H,37,38);7-9,11,13-16,23,37H,5-6,10,12,17H2,1-4H3/b2*14-13+/t2*23-/m00/s1. The van der Waals surface area contributed by atoms with Crippen molar-refractivity contribution in [3.05, 3.63) is 141 Å². The molecule has 1 fully saturated rings. The average Bonchev–Trinajstić information content (AvgIpc) is 3.79. The minimum atomic E-state index is -5.94. The van der Waals surface area contributed by atoms with Crippen LogP contribution in [0.5, 0.6) is 11.5 Å². The van der Waals surface area contributed by atoms with Gasteiger partial charge in [0.05, 0.1) is 6.10 Å². The lowest BCUT2D eigenvalue weighted by Gasteiger charge is -2.34. The van der Waals surface area contributed by atoms with Crippen molar-refractivity contribution in [1.82, 2.24) is 0 Å². The highest BCUT2D eigenvalue weighted by Gasteiger charge is 2.70. The third-order valence-corrected chi connectivity index (χ3v) is 14.8. The van der Waals surface area contributed by atoms with E-state index >= 15 is 0 Å². The molecule has 21 heteroatoms. The summed E-state index contributed by atoms with van der Waals surface area (Å²) in [7, 11) is 0. The molecular weight excluding hydrogens is 1070 g/mol. The Morgan fingerprint density at radius 3 is 1.25 bits per heavy atom. The van der Waals surface area contributed by atoms with E-state index in [-0.39, 0.29) is 61.4 Å². The molecule has 0 aliphatic carbocycles. The Bertz CT molecular complexity index is 2760. The van der Waals surface area contributed by atoms with Gasteiger partial charge in [0, 0.05) is 23.7 Å². The molecule has 1 heterocycles. The van der Waals surface area contributed by atoms with E-state index in [1.54, 1.807) is 44.2 Å². The molecule has 1 aliphatic rings. The number of hydrogen-bond donors (Lipinski definition) is 4. The number of aryl methyl sites for hydroxylation is 4. The van der Waals surface area contributed by atoms with Crippen LogP contribution in [0.1, 0.15) is 135 Å². The third-order valence-electron chi connectivity index (χ3n) is 14.8. The summed E-state index contributed by atoms with van der Waals surface area (Å²) in [6, 6.07) is 21.0. The lowest BCUT2D eigenvalue weighted by Crippen LogP contribution is -2.55. The van der Waals surface area contributed by atoms with Gasteiger partial charge in [-0.25, -0.2) is 0 Å². The molecular formula is C58H66F12O9. The van der Waals surface area contributed by atoms with Gasteiger partial charge < -0.3 is 34.6 Å². The fourth-order valence-electron chi connectivity index (χ4n) is 9.57. The smallest absolute Gasteiger partial charge is 0.430 e. The fraction of sp³-hybridized carbons (Fsp3) is 0.483. The van der Waals surface area contributed by atoms with E-state index in [4.69, 9.17) is 19.3 Å². The quantitative estimate of drug-likeness (QED) is 0.0474. The molecule has 4 aromatic carbocycles. The number of aliphatic hydroxyl groups is 3. The van der Waals surface area contributed by atoms with E-state index in [9.17, 15) is 77.6 Å². The topological polar surface area (TPSA) is 143 Å². The number of carboxylic acids is 1. The third kappa shape index (κ3) is 14.8. The van der Waals surface area contributed by atoms with Crippen molar-refractivity contribution >= 4 is 24.1 Å². The first-order valence-corrected chi connectivity index (χ1v) is 25.4. The molecule has 9 nitrogen and oxygen atoms in total. The summed E-state index contributed by atoms with van der Waals surface area (Å²) in [4.78, 5) is 22.0. The van der Waals surface area contributed by atoms with Crippen LogP contribution in [0.25, 0.3) is 12.2 Å². The maximum absolute atomic E-state index is 13.1. The fourth-order valence-corrected chi connectivity index (χ4v) is 9.57. The Labute approximate surface area is 450 Å². The van der Waals surface area contributed by atoms with Crippen LogP contribution < -0.4 is 9.47 Å². The van der Waals surface area contributed by atoms with Crippen molar-refractivity contribution in [3.8, 4) is 11.5 Å². The molecule has 2 atom stereocenters. The van der Waals surface area contributed by atoms with Crippen LogP contribution in [0.3, 0.4) is 0 Å². The molecule has 1 saturated heterocycles. The highest BCUT2D eigenvalue weighted by atomic mass is 19.4. The molecule has 0 unspecified atom stereocenters. The molecule has 1 aliphatic heterocycles. The SMILES string of the molecule is CCC(CC)(c1ccc(/C=C/C(O)(C(F)(F)F)C(F)(F)F)c(C)c1)c1ccc(OC[C@@H](O)CCC(=O)O)c(C)c1.CCC(CC)(c1ccc(/C=C/C(O)(C(F)(F)F)C(F)(F)F)c(C)c1)c1ccc(OC[C@@H]2CCC(=O)O2)c(C)c1. The summed E-state index contributed by atoms with van der Waals surface area (Å²) in [6.07, 6.45) is -20.7. The van der Waals surface area contributed by atoms with Crippen LogP contribution in [-0.2, 0) is 25.2 Å². The number of alkyl halides is 12. The van der Waals surface area contributed by atoms with Crippen LogP contribution in [-0.4, -0.2) is 93.7 Å². The first-order valence-electron chi connectivity index (χ1n) is 25.4. The van der Waals surface area contributed by atoms with E-state index in [1.165, 1.54) is 12.1 Å². The van der Waals surface area contributed by atoms with E-state index in [0.29, 0.717) is 73.3 Å². The van der Waals surface area contributed by atoms with Gasteiger partial charge in [-0.15, -0.1) is 0 Å². The molecule has 436 valence electrons. The molecule has 4 aromatic rings. The highest BCUT2D eigenvalue weighted by molar-refractivity contribution is 5.71. The lowest BCUT2D eigenvalue weighted by molar-refractivity contribution is -0.348. The minimum absolute atomic E-state index is 0.0531. The Hall–Kier alpha value is -6.06. The van der Waals surface area contributed by atoms with Crippen LogP contribution >= 0.6 is 0 Å². The van der Waals surface area contributed by atoms with Crippen molar-refractivity contribution in [2.75, 3.05) is 13.2 Å². The molecule has 4 N–H and O–H groups in total. The zero-order valence-corrected chi connectivity index (χ0v) is 44.8. The Morgan fingerprint density at radius 2 is 0.949 bits per heavy atom. The number of ether oxygens (including phenoxy) is 3. The Balaban J connectivity index is 0.000000341. The maximum atomic E-state index is 13.1. The number of rotatable bonds is 21. The van der Waals surface area contributed by atoms with Crippen molar-refractivity contribution < 1.29 is 96.9 Å². The molecule has 0 saturated carbocycles. The summed E-state index contributed by atoms with van der Waals surface area (Å²) in [5.74, 6) is -0.0861. The number of aliphatic hydroxyl groups excluding tert-OH is 1. The number of carboxylic acid groups (broad SMARTS) is 1. The van der Waals surface area contributed by atoms with Gasteiger partial charge in [-0.05, 0) is 146 Å². The van der Waals surface area contributed by atoms with E-state index in [2.05, 4.69) is 0 Å². The van der Waals surface area contributed by atoms with Crippen molar-refractivity contribution in [1.29, 1.82) is 0 Å². The molecule has 0 bridgehead atoms. The van der Waals surface area contributed by atoms with Crippen LogP contribution in [0.4, 0.5) is 52.7 Å². The van der Waals surface area contributed by atoms with Gasteiger partial charge in [-0.2, -0.15) is 52.7 Å². The number of carbonyl (C=O) groups is 2. The largest absolute Gasteiger partial charge is 0.491 e. The number of cyclic esters (lactones) is 1. The van der Waals surface area contributed by atoms with Crippen LogP contribution in [0.2, 0.25) is 0 Å². The van der Waals surface area contributed by atoms with Crippen molar-refractivity contribution in [2.24, 2.45) is 0 Å². The van der Waals surface area contributed by atoms with Gasteiger partial charge >= 0.3 is 36.6 Å². The van der Waals surface area contributed by atoms with Gasteiger partial charge in [0.15, 0.2) is 0 Å². The average molecular weight is 1140 g/mol. The molecule has 5 rings (SSSR count). The first kappa shape index (κ1) is 65.5. The van der Waals surface area contributed by atoms with E-state index < -0.39 is 58.8 Å². The summed E-state index contributed by atoms with van der Waals surface area (Å²) in [5.41, 5.74) is -4.62. The molecule has 79 heavy (non-hydrogen) atoms. The van der Waals surface area contributed by atoms with Crippen molar-refractivity contribution in [2.45, 2.75) is 166 Å². The van der Waals surface area contributed by atoms with Crippen molar-refractivity contribution in [3.63, 3.8) is 0 Å². The van der Waals surface area contributed by atoms with Crippen LogP contribution in [0, 0.1) is 27.7 Å². The molecule has 0 spiro atoms. The summed E-state index contributed by atoms with van der Waals surface area (Å²) in [5, 5.41) is 37.6.